The molecule has 1 aromatic rings. The Bertz CT molecular complexity index is 524. The molecule has 0 aromatic heterocycles. The molecule has 7 heteroatoms. The zero-order valence-electron chi connectivity index (χ0n) is 13.8. The van der Waals surface area contributed by atoms with E-state index in [1.165, 1.54) is 0 Å². The van der Waals surface area contributed by atoms with Gasteiger partial charge in [-0.25, -0.2) is 0 Å². The lowest BCUT2D eigenvalue weighted by Gasteiger charge is -2.26. The van der Waals surface area contributed by atoms with Crippen molar-refractivity contribution in [1.82, 2.24) is 15.5 Å². The predicted octanol–water partition coefficient (Wildman–Crippen LogP) is -0.287. The van der Waals surface area contributed by atoms with E-state index in [2.05, 4.69) is 20.9 Å². The molecule has 1 fully saturated rings. The first kappa shape index (κ1) is 17.2. The Morgan fingerprint density at radius 3 is 2.39 bits per heavy atom. The van der Waals surface area contributed by atoms with Gasteiger partial charge in [-0.1, -0.05) is 0 Å². The lowest BCUT2D eigenvalue weighted by Crippen LogP contribution is -2.47. The van der Waals surface area contributed by atoms with Gasteiger partial charge in [0.05, 0.1) is 0 Å². The number of nitrogens with zero attached hydrogens (tertiary/aromatic N) is 2. The summed E-state index contributed by atoms with van der Waals surface area (Å²) in [7, 11) is 3.89. The molecule has 0 spiro atoms. The smallest absolute Gasteiger partial charge is 0.313 e. The highest BCUT2D eigenvalue weighted by atomic mass is 16.2. The second-order valence-electron chi connectivity index (χ2n) is 5.74. The van der Waals surface area contributed by atoms with E-state index in [9.17, 15) is 9.59 Å². The molecule has 7 nitrogen and oxygen atoms in total. The lowest BCUT2D eigenvalue weighted by molar-refractivity contribution is -0.136. The van der Waals surface area contributed by atoms with E-state index in [1.54, 1.807) is 12.1 Å². The van der Waals surface area contributed by atoms with Crippen LogP contribution in [-0.2, 0) is 9.59 Å². The number of carbonyl (C=O) groups is 2. The number of carbonyl (C=O) groups excluding carboxylic acids is 2. The molecule has 1 aromatic carbocycles. The van der Waals surface area contributed by atoms with Crippen molar-refractivity contribution in [2.45, 2.75) is 0 Å². The number of rotatable bonds is 5. The van der Waals surface area contributed by atoms with Gasteiger partial charge in [0, 0.05) is 64.7 Å². The standard InChI is InChI=1S/C16H25N5O2/c1-20(2)14-5-3-13(4-6-14)19-16(23)15(22)18-9-12-21-10-7-17-8-11-21/h3-6,17H,7-12H2,1-2H3,(H,18,22)(H,19,23). The molecule has 1 saturated heterocycles. The van der Waals surface area contributed by atoms with Crippen molar-refractivity contribution < 1.29 is 9.59 Å². The Hall–Kier alpha value is -2.12. The fourth-order valence-corrected chi connectivity index (χ4v) is 2.37. The molecule has 3 N–H and O–H groups in total. The summed E-state index contributed by atoms with van der Waals surface area (Å²) in [4.78, 5) is 27.9. The molecule has 1 aliphatic rings. The number of piperazine rings is 1. The summed E-state index contributed by atoms with van der Waals surface area (Å²) in [5.41, 5.74) is 1.64. The highest BCUT2D eigenvalue weighted by Crippen LogP contribution is 2.15. The molecule has 2 rings (SSSR count). The fourth-order valence-electron chi connectivity index (χ4n) is 2.37. The van der Waals surface area contributed by atoms with Gasteiger partial charge >= 0.3 is 11.8 Å². The van der Waals surface area contributed by atoms with E-state index in [-0.39, 0.29) is 0 Å². The summed E-state index contributed by atoms with van der Waals surface area (Å²) < 4.78 is 0. The molecular formula is C16H25N5O2. The Morgan fingerprint density at radius 1 is 1.13 bits per heavy atom. The number of nitrogens with one attached hydrogen (secondary N) is 3. The van der Waals surface area contributed by atoms with Crippen LogP contribution in [0, 0.1) is 0 Å². The molecule has 0 aliphatic carbocycles. The molecule has 0 radical (unpaired) electrons. The minimum absolute atomic E-state index is 0.478. The Morgan fingerprint density at radius 2 is 1.78 bits per heavy atom. The molecule has 1 aliphatic heterocycles. The van der Waals surface area contributed by atoms with Crippen molar-refractivity contribution in [3.8, 4) is 0 Å². The third kappa shape index (κ3) is 5.54. The SMILES string of the molecule is CN(C)c1ccc(NC(=O)C(=O)NCCN2CCNCC2)cc1. The van der Waals surface area contributed by atoms with E-state index >= 15 is 0 Å². The highest BCUT2D eigenvalue weighted by Gasteiger charge is 2.14. The molecule has 2 amide bonds. The first-order valence-corrected chi connectivity index (χ1v) is 7.86. The van der Waals surface area contributed by atoms with Gasteiger partial charge in [-0.3, -0.25) is 14.5 Å². The Kier molecular flexibility index (Phi) is 6.37. The minimum Gasteiger partial charge on any atom is -0.378 e. The van der Waals surface area contributed by atoms with Crippen LogP contribution < -0.4 is 20.9 Å². The van der Waals surface area contributed by atoms with E-state index in [0.29, 0.717) is 12.2 Å². The predicted molar refractivity (Wildman–Crippen MR) is 91.7 cm³/mol. The monoisotopic (exact) mass is 319 g/mol. The van der Waals surface area contributed by atoms with Crippen molar-refractivity contribution in [2.75, 3.05) is 63.6 Å². The van der Waals surface area contributed by atoms with Gasteiger partial charge < -0.3 is 20.9 Å². The van der Waals surface area contributed by atoms with Gasteiger partial charge in [0.15, 0.2) is 0 Å². The summed E-state index contributed by atoms with van der Waals surface area (Å²) in [6.07, 6.45) is 0. The van der Waals surface area contributed by atoms with E-state index < -0.39 is 11.8 Å². The van der Waals surface area contributed by atoms with Gasteiger partial charge in [0.2, 0.25) is 0 Å². The zero-order valence-corrected chi connectivity index (χ0v) is 13.8. The number of anilines is 2. The molecule has 0 bridgehead atoms. The summed E-state index contributed by atoms with van der Waals surface area (Å²) in [5.74, 6) is -1.24. The van der Waals surface area contributed by atoms with Crippen LogP contribution in [0.1, 0.15) is 0 Å². The summed E-state index contributed by atoms with van der Waals surface area (Å²) in [6.45, 7) is 5.12. The Balaban J connectivity index is 1.72. The van der Waals surface area contributed by atoms with E-state index in [0.717, 1.165) is 38.4 Å². The highest BCUT2D eigenvalue weighted by molar-refractivity contribution is 6.39. The molecule has 126 valence electrons. The van der Waals surface area contributed by atoms with Crippen LogP contribution in [0.3, 0.4) is 0 Å². The first-order chi connectivity index (χ1) is 11.1. The van der Waals surface area contributed by atoms with Gasteiger partial charge in [-0.2, -0.15) is 0 Å². The van der Waals surface area contributed by atoms with Gasteiger partial charge in [0.25, 0.3) is 0 Å². The van der Waals surface area contributed by atoms with Gasteiger partial charge in [-0.15, -0.1) is 0 Å². The molecular weight excluding hydrogens is 294 g/mol. The quantitative estimate of drug-likeness (QED) is 0.651. The second kappa shape index (κ2) is 8.50. The minimum atomic E-state index is -0.636. The third-order valence-electron chi connectivity index (χ3n) is 3.77. The molecule has 0 unspecified atom stereocenters. The van der Waals surface area contributed by atoms with Crippen molar-refractivity contribution in [3.63, 3.8) is 0 Å². The van der Waals surface area contributed by atoms with Gasteiger partial charge in [0.1, 0.15) is 0 Å². The normalized spacial score (nSPS) is 15.0. The van der Waals surface area contributed by atoms with Crippen LogP contribution in [0.4, 0.5) is 11.4 Å². The van der Waals surface area contributed by atoms with Crippen molar-refractivity contribution in [2.24, 2.45) is 0 Å². The maximum atomic E-state index is 11.9. The second-order valence-corrected chi connectivity index (χ2v) is 5.74. The van der Waals surface area contributed by atoms with Crippen LogP contribution in [0.15, 0.2) is 24.3 Å². The van der Waals surface area contributed by atoms with Crippen LogP contribution >= 0.6 is 0 Å². The number of benzene rings is 1. The topological polar surface area (TPSA) is 76.7 Å². The third-order valence-corrected chi connectivity index (χ3v) is 3.77. The maximum absolute atomic E-state index is 11.9. The van der Waals surface area contributed by atoms with E-state index in [4.69, 9.17) is 0 Å². The zero-order chi connectivity index (χ0) is 16.7. The number of hydrogen-bond acceptors (Lipinski definition) is 5. The van der Waals surface area contributed by atoms with Crippen LogP contribution in [-0.4, -0.2) is 70.1 Å². The van der Waals surface area contributed by atoms with Crippen LogP contribution in [0.5, 0.6) is 0 Å². The van der Waals surface area contributed by atoms with Crippen LogP contribution in [0.25, 0.3) is 0 Å². The Labute approximate surface area is 137 Å². The van der Waals surface area contributed by atoms with Crippen molar-refractivity contribution >= 4 is 23.2 Å². The molecule has 0 atom stereocenters. The summed E-state index contributed by atoms with van der Waals surface area (Å²) >= 11 is 0. The van der Waals surface area contributed by atoms with Gasteiger partial charge in [-0.05, 0) is 24.3 Å². The average molecular weight is 319 g/mol. The molecule has 23 heavy (non-hydrogen) atoms. The largest absolute Gasteiger partial charge is 0.378 e. The van der Waals surface area contributed by atoms with Crippen molar-refractivity contribution in [3.05, 3.63) is 24.3 Å². The average Bonchev–Trinajstić information content (AvgIpc) is 2.56. The summed E-state index contributed by atoms with van der Waals surface area (Å²) in [6, 6.07) is 7.33. The lowest BCUT2D eigenvalue weighted by atomic mass is 10.2. The number of hydrogen-bond donors (Lipinski definition) is 3. The summed E-state index contributed by atoms with van der Waals surface area (Å²) in [5, 5.41) is 8.54. The van der Waals surface area contributed by atoms with Crippen molar-refractivity contribution in [1.29, 1.82) is 0 Å². The van der Waals surface area contributed by atoms with Crippen LogP contribution in [0.2, 0.25) is 0 Å². The molecule has 1 heterocycles. The molecule has 0 saturated carbocycles. The van der Waals surface area contributed by atoms with E-state index in [1.807, 2.05) is 31.1 Å². The maximum Gasteiger partial charge on any atom is 0.313 e. The first-order valence-electron chi connectivity index (χ1n) is 7.86. The number of amides is 2. The fraction of sp³-hybridized carbons (Fsp3) is 0.500.